The summed E-state index contributed by atoms with van der Waals surface area (Å²) >= 11 is 0. The molecule has 0 unspecified atom stereocenters. The number of allylic oxidation sites excluding steroid dienone is 1. The Labute approximate surface area is 114 Å². The van der Waals surface area contributed by atoms with Gasteiger partial charge in [0.15, 0.2) is 0 Å². The molecule has 2 heteroatoms. The van der Waals surface area contributed by atoms with E-state index in [0.717, 1.165) is 11.3 Å². The highest BCUT2D eigenvalue weighted by atomic mass is 16.5. The molecule has 0 saturated carbocycles. The van der Waals surface area contributed by atoms with Gasteiger partial charge >= 0.3 is 0 Å². The molecule has 0 aliphatic heterocycles. The van der Waals surface area contributed by atoms with Crippen molar-refractivity contribution in [2.45, 2.75) is 13.5 Å². The van der Waals surface area contributed by atoms with E-state index in [4.69, 9.17) is 4.74 Å². The van der Waals surface area contributed by atoms with E-state index in [1.807, 2.05) is 61.7 Å². The van der Waals surface area contributed by atoms with Crippen molar-refractivity contribution in [3.8, 4) is 5.75 Å². The Balaban J connectivity index is 1.98. The van der Waals surface area contributed by atoms with Gasteiger partial charge in [-0.3, -0.25) is 4.99 Å². The molecule has 0 aliphatic rings. The third kappa shape index (κ3) is 4.43. The molecular formula is C17H17NO. The minimum Gasteiger partial charge on any atom is -0.465 e. The van der Waals surface area contributed by atoms with Crippen molar-refractivity contribution in [2.24, 2.45) is 4.99 Å². The van der Waals surface area contributed by atoms with Gasteiger partial charge in [-0.1, -0.05) is 48.5 Å². The lowest BCUT2D eigenvalue weighted by molar-refractivity contribution is 0.480. The molecule has 0 aromatic heterocycles. The summed E-state index contributed by atoms with van der Waals surface area (Å²) < 4.78 is 5.42. The van der Waals surface area contributed by atoms with Crippen LogP contribution >= 0.6 is 0 Å². The second-order valence-corrected chi connectivity index (χ2v) is 4.12. The van der Waals surface area contributed by atoms with Crippen LogP contribution in [0.1, 0.15) is 18.1 Å². The van der Waals surface area contributed by atoms with Crippen molar-refractivity contribution >= 4 is 6.21 Å². The van der Waals surface area contributed by atoms with Gasteiger partial charge < -0.3 is 4.74 Å². The first kappa shape index (κ1) is 13.1. The zero-order valence-electron chi connectivity index (χ0n) is 11.0. The Kier molecular flexibility index (Phi) is 4.94. The fraction of sp³-hybridized carbons (Fsp3) is 0.118. The van der Waals surface area contributed by atoms with Gasteiger partial charge in [0, 0.05) is 6.21 Å². The molecule has 0 heterocycles. The third-order valence-electron chi connectivity index (χ3n) is 2.56. The molecule has 0 radical (unpaired) electrons. The molecule has 0 bridgehead atoms. The molecule has 0 fully saturated rings. The van der Waals surface area contributed by atoms with Crippen molar-refractivity contribution in [3.05, 3.63) is 78.1 Å². The van der Waals surface area contributed by atoms with Gasteiger partial charge in [-0.25, -0.2) is 0 Å². The number of ether oxygens (including phenoxy) is 1. The summed E-state index contributed by atoms with van der Waals surface area (Å²) in [6, 6.07) is 18.1. The second kappa shape index (κ2) is 7.17. The van der Waals surface area contributed by atoms with Crippen LogP contribution in [0.3, 0.4) is 0 Å². The van der Waals surface area contributed by atoms with Crippen LogP contribution in [0.2, 0.25) is 0 Å². The first-order chi connectivity index (χ1) is 9.38. The Bertz CT molecular complexity index is 558. The van der Waals surface area contributed by atoms with E-state index in [0.29, 0.717) is 6.54 Å². The minimum absolute atomic E-state index is 0.695. The lowest BCUT2D eigenvalue weighted by Gasteiger charge is -2.00. The second-order valence-electron chi connectivity index (χ2n) is 4.12. The van der Waals surface area contributed by atoms with Crippen LogP contribution < -0.4 is 4.74 Å². The number of rotatable bonds is 5. The van der Waals surface area contributed by atoms with E-state index in [1.165, 1.54) is 5.56 Å². The van der Waals surface area contributed by atoms with Crippen LogP contribution in [0.25, 0.3) is 0 Å². The van der Waals surface area contributed by atoms with Crippen LogP contribution in [-0.2, 0) is 6.54 Å². The highest BCUT2D eigenvalue weighted by Crippen LogP contribution is 2.12. The van der Waals surface area contributed by atoms with Crippen molar-refractivity contribution < 1.29 is 4.74 Å². The summed E-state index contributed by atoms with van der Waals surface area (Å²) in [4.78, 5) is 4.43. The van der Waals surface area contributed by atoms with Crippen molar-refractivity contribution in [3.63, 3.8) is 0 Å². The van der Waals surface area contributed by atoms with Gasteiger partial charge in [0.1, 0.15) is 5.75 Å². The SMILES string of the molecule is C/C=C/Oc1cccc(C=NCc2ccccc2)c1. The fourth-order valence-corrected chi connectivity index (χ4v) is 1.65. The van der Waals surface area contributed by atoms with Gasteiger partial charge in [-0.05, 0) is 30.2 Å². The van der Waals surface area contributed by atoms with Crippen LogP contribution in [0, 0.1) is 0 Å². The number of benzene rings is 2. The lowest BCUT2D eigenvalue weighted by Crippen LogP contribution is -1.86. The zero-order valence-corrected chi connectivity index (χ0v) is 11.0. The molecule has 0 atom stereocenters. The third-order valence-corrected chi connectivity index (χ3v) is 2.56. The predicted octanol–water partition coefficient (Wildman–Crippen LogP) is 4.22. The van der Waals surface area contributed by atoms with Gasteiger partial charge in [0.25, 0.3) is 0 Å². The van der Waals surface area contributed by atoms with Gasteiger partial charge in [0.2, 0.25) is 0 Å². The lowest BCUT2D eigenvalue weighted by atomic mass is 10.2. The van der Waals surface area contributed by atoms with Gasteiger partial charge in [-0.2, -0.15) is 0 Å². The molecule has 0 saturated heterocycles. The highest BCUT2D eigenvalue weighted by Gasteiger charge is 1.93. The standard InChI is InChI=1S/C17H17NO/c1-2-11-19-17-10-6-9-16(12-17)14-18-13-15-7-4-3-5-8-15/h2-12,14H,13H2,1H3/b11-2+,18-14?. The summed E-state index contributed by atoms with van der Waals surface area (Å²) in [6.07, 6.45) is 5.39. The highest BCUT2D eigenvalue weighted by molar-refractivity contribution is 5.80. The van der Waals surface area contributed by atoms with E-state index in [-0.39, 0.29) is 0 Å². The fourth-order valence-electron chi connectivity index (χ4n) is 1.65. The van der Waals surface area contributed by atoms with Crippen molar-refractivity contribution in [2.75, 3.05) is 0 Å². The molecule has 2 aromatic carbocycles. The van der Waals surface area contributed by atoms with Gasteiger partial charge in [-0.15, -0.1) is 0 Å². The number of hydrogen-bond acceptors (Lipinski definition) is 2. The zero-order chi connectivity index (χ0) is 13.3. The van der Waals surface area contributed by atoms with E-state index in [2.05, 4.69) is 17.1 Å². The van der Waals surface area contributed by atoms with Crippen LogP contribution in [-0.4, -0.2) is 6.21 Å². The van der Waals surface area contributed by atoms with E-state index < -0.39 is 0 Å². The van der Waals surface area contributed by atoms with Crippen LogP contribution in [0.5, 0.6) is 5.75 Å². The number of nitrogens with zero attached hydrogens (tertiary/aromatic N) is 1. The summed E-state index contributed by atoms with van der Waals surface area (Å²) in [5.41, 5.74) is 2.25. The number of hydrogen-bond donors (Lipinski definition) is 0. The Morgan fingerprint density at radius 3 is 2.68 bits per heavy atom. The normalized spacial score (nSPS) is 11.2. The van der Waals surface area contributed by atoms with E-state index in [1.54, 1.807) is 6.26 Å². The van der Waals surface area contributed by atoms with Gasteiger partial charge in [0.05, 0.1) is 12.8 Å². The molecule has 2 rings (SSSR count). The van der Waals surface area contributed by atoms with Crippen LogP contribution in [0.15, 0.2) is 71.9 Å². The molecule has 0 amide bonds. The molecule has 0 spiro atoms. The molecule has 96 valence electrons. The summed E-state index contributed by atoms with van der Waals surface area (Å²) in [5, 5.41) is 0. The quantitative estimate of drug-likeness (QED) is 0.576. The average molecular weight is 251 g/mol. The average Bonchev–Trinajstić information content (AvgIpc) is 2.47. The molecule has 0 N–H and O–H groups in total. The molecule has 19 heavy (non-hydrogen) atoms. The topological polar surface area (TPSA) is 21.6 Å². The Morgan fingerprint density at radius 1 is 1.05 bits per heavy atom. The predicted molar refractivity (Wildman–Crippen MR) is 79.6 cm³/mol. The summed E-state index contributed by atoms with van der Waals surface area (Å²) in [5.74, 6) is 0.821. The molecule has 2 nitrogen and oxygen atoms in total. The summed E-state index contributed by atoms with van der Waals surface area (Å²) in [7, 11) is 0. The maximum absolute atomic E-state index is 5.42. The van der Waals surface area contributed by atoms with Crippen molar-refractivity contribution in [1.82, 2.24) is 0 Å². The largest absolute Gasteiger partial charge is 0.465 e. The first-order valence-corrected chi connectivity index (χ1v) is 6.30. The van der Waals surface area contributed by atoms with Crippen molar-refractivity contribution in [1.29, 1.82) is 0 Å². The minimum atomic E-state index is 0.695. The molecule has 2 aromatic rings. The maximum atomic E-state index is 5.42. The first-order valence-electron chi connectivity index (χ1n) is 6.30. The maximum Gasteiger partial charge on any atom is 0.127 e. The smallest absolute Gasteiger partial charge is 0.127 e. The summed E-state index contributed by atoms with van der Waals surface area (Å²) in [6.45, 7) is 2.62. The van der Waals surface area contributed by atoms with E-state index >= 15 is 0 Å². The monoisotopic (exact) mass is 251 g/mol. The van der Waals surface area contributed by atoms with E-state index in [9.17, 15) is 0 Å². The Hall–Kier alpha value is -2.35. The number of aliphatic imine (C=N–C) groups is 1. The van der Waals surface area contributed by atoms with Crippen LogP contribution in [0.4, 0.5) is 0 Å². The molecular weight excluding hydrogens is 234 g/mol. The Morgan fingerprint density at radius 2 is 1.89 bits per heavy atom. The molecule has 0 aliphatic carbocycles.